The quantitative estimate of drug-likeness (QED) is 0.756. The van der Waals surface area contributed by atoms with Crippen molar-refractivity contribution in [3.8, 4) is 0 Å². The summed E-state index contributed by atoms with van der Waals surface area (Å²) in [6, 6.07) is 0. The molecule has 0 aromatic carbocycles. The number of hydrogen-bond acceptors (Lipinski definition) is 4. The van der Waals surface area contributed by atoms with Crippen molar-refractivity contribution < 1.29 is 9.53 Å². The van der Waals surface area contributed by atoms with E-state index in [1.54, 1.807) is 12.4 Å². The van der Waals surface area contributed by atoms with E-state index in [0.717, 1.165) is 31.5 Å². The van der Waals surface area contributed by atoms with Crippen molar-refractivity contribution >= 4 is 5.91 Å². The number of carbonyl (C=O) groups is 1. The molecule has 2 unspecified atom stereocenters. The number of hydrogen-bond donors (Lipinski definition) is 0. The van der Waals surface area contributed by atoms with Gasteiger partial charge in [0.2, 0.25) is 5.91 Å². The van der Waals surface area contributed by atoms with Gasteiger partial charge < -0.3 is 9.64 Å². The van der Waals surface area contributed by atoms with Crippen LogP contribution in [0.15, 0.2) is 31.4 Å². The highest BCUT2D eigenvalue weighted by Gasteiger charge is 2.41. The Hall–Kier alpha value is -1.75. The molecule has 23 heavy (non-hydrogen) atoms. The van der Waals surface area contributed by atoms with E-state index in [-0.39, 0.29) is 5.91 Å². The van der Waals surface area contributed by atoms with Crippen LogP contribution in [0.5, 0.6) is 0 Å². The summed E-state index contributed by atoms with van der Waals surface area (Å²) >= 11 is 0. The molecule has 0 spiro atoms. The standard InChI is InChI=1S/C18H25N3O2/c1-2-8-23-18-15-4-3-5-16(18)12-21(11-15)17(22)7-6-14-9-19-13-20-10-14/h2,9-10,13,15-16,18H,1,3-8,11-12H2. The van der Waals surface area contributed by atoms with Crippen LogP contribution in [0.2, 0.25) is 0 Å². The molecular formula is C18H25N3O2. The van der Waals surface area contributed by atoms with E-state index in [1.807, 2.05) is 11.0 Å². The van der Waals surface area contributed by atoms with Gasteiger partial charge in [0, 0.05) is 43.7 Å². The molecule has 2 bridgehead atoms. The molecule has 1 aliphatic heterocycles. The molecule has 2 aliphatic rings. The molecule has 1 aromatic rings. The van der Waals surface area contributed by atoms with Gasteiger partial charge in [-0.2, -0.15) is 0 Å². The summed E-state index contributed by atoms with van der Waals surface area (Å²) in [6.07, 6.45) is 12.0. The third-order valence-corrected chi connectivity index (χ3v) is 4.99. The average Bonchev–Trinajstić information content (AvgIpc) is 2.58. The number of nitrogens with zero attached hydrogens (tertiary/aromatic N) is 3. The monoisotopic (exact) mass is 315 g/mol. The van der Waals surface area contributed by atoms with Crippen LogP contribution in [0.1, 0.15) is 31.2 Å². The van der Waals surface area contributed by atoms with Gasteiger partial charge in [-0.05, 0) is 24.8 Å². The maximum atomic E-state index is 12.6. The lowest BCUT2D eigenvalue weighted by Crippen LogP contribution is -2.54. The highest BCUT2D eigenvalue weighted by Crippen LogP contribution is 2.37. The number of aryl methyl sites for hydroxylation is 1. The Morgan fingerprint density at radius 3 is 2.65 bits per heavy atom. The van der Waals surface area contributed by atoms with Gasteiger partial charge in [0.05, 0.1) is 12.7 Å². The van der Waals surface area contributed by atoms with Crippen LogP contribution in [-0.4, -0.2) is 46.6 Å². The predicted octanol–water partition coefficient (Wildman–Crippen LogP) is 2.24. The van der Waals surface area contributed by atoms with Gasteiger partial charge in [-0.25, -0.2) is 9.97 Å². The maximum absolute atomic E-state index is 12.6. The molecule has 1 aliphatic carbocycles. The van der Waals surface area contributed by atoms with Crippen molar-refractivity contribution in [3.05, 3.63) is 36.9 Å². The SMILES string of the molecule is C=CCOC1C2CCCC1CN(C(=O)CCc1cncnc1)C2. The van der Waals surface area contributed by atoms with Crippen LogP contribution in [0, 0.1) is 11.8 Å². The summed E-state index contributed by atoms with van der Waals surface area (Å²) < 4.78 is 5.98. The molecular weight excluding hydrogens is 290 g/mol. The Morgan fingerprint density at radius 2 is 2.00 bits per heavy atom. The van der Waals surface area contributed by atoms with Gasteiger partial charge in [-0.1, -0.05) is 12.5 Å². The van der Waals surface area contributed by atoms with E-state index in [2.05, 4.69) is 16.5 Å². The van der Waals surface area contributed by atoms with E-state index >= 15 is 0 Å². The normalized spacial score (nSPS) is 26.8. The summed E-state index contributed by atoms with van der Waals surface area (Å²) in [5.41, 5.74) is 1.02. The summed E-state index contributed by atoms with van der Waals surface area (Å²) in [7, 11) is 0. The topological polar surface area (TPSA) is 55.3 Å². The third kappa shape index (κ3) is 3.96. The van der Waals surface area contributed by atoms with Crippen molar-refractivity contribution in [2.24, 2.45) is 11.8 Å². The van der Waals surface area contributed by atoms with E-state index in [9.17, 15) is 4.79 Å². The van der Waals surface area contributed by atoms with E-state index in [1.165, 1.54) is 12.7 Å². The summed E-state index contributed by atoms with van der Waals surface area (Å²) in [4.78, 5) is 22.6. The second-order valence-corrected chi connectivity index (χ2v) is 6.58. The number of fused-ring (bicyclic) bond motifs is 2. The first-order valence-electron chi connectivity index (χ1n) is 8.52. The van der Waals surface area contributed by atoms with Crippen molar-refractivity contribution in [2.45, 2.75) is 38.2 Å². The molecule has 5 nitrogen and oxygen atoms in total. The van der Waals surface area contributed by atoms with Crippen molar-refractivity contribution in [1.29, 1.82) is 0 Å². The summed E-state index contributed by atoms with van der Waals surface area (Å²) in [5.74, 6) is 1.20. The minimum absolute atomic E-state index is 0.243. The molecule has 0 N–H and O–H groups in total. The van der Waals surface area contributed by atoms with Gasteiger partial charge >= 0.3 is 0 Å². The van der Waals surface area contributed by atoms with Gasteiger partial charge in [0.15, 0.2) is 0 Å². The lowest BCUT2D eigenvalue weighted by atomic mass is 9.75. The van der Waals surface area contributed by atoms with Crippen molar-refractivity contribution in [1.82, 2.24) is 14.9 Å². The van der Waals surface area contributed by atoms with Crippen LogP contribution < -0.4 is 0 Å². The lowest BCUT2D eigenvalue weighted by Gasteiger charge is -2.47. The van der Waals surface area contributed by atoms with Crippen LogP contribution >= 0.6 is 0 Å². The van der Waals surface area contributed by atoms with Gasteiger partial charge in [-0.3, -0.25) is 4.79 Å². The number of carbonyl (C=O) groups excluding carboxylic acids is 1. The Balaban J connectivity index is 1.55. The number of rotatable bonds is 6. The number of likely N-dealkylation sites (tertiary alicyclic amines) is 1. The third-order valence-electron chi connectivity index (χ3n) is 4.99. The number of ether oxygens (including phenoxy) is 1. The van der Waals surface area contributed by atoms with Gasteiger partial charge in [0.1, 0.15) is 6.33 Å². The number of piperidine rings is 1. The van der Waals surface area contributed by atoms with Gasteiger partial charge in [0.25, 0.3) is 0 Å². The molecule has 1 aromatic heterocycles. The molecule has 2 heterocycles. The zero-order valence-electron chi connectivity index (χ0n) is 13.6. The summed E-state index contributed by atoms with van der Waals surface area (Å²) in [5, 5.41) is 0. The van der Waals surface area contributed by atoms with Crippen LogP contribution in [0.25, 0.3) is 0 Å². The first-order valence-corrected chi connectivity index (χ1v) is 8.52. The first-order chi connectivity index (χ1) is 11.3. The van der Waals surface area contributed by atoms with Crippen LogP contribution in [0.3, 0.4) is 0 Å². The average molecular weight is 315 g/mol. The fraction of sp³-hybridized carbons (Fsp3) is 0.611. The number of amides is 1. The van der Waals surface area contributed by atoms with E-state index < -0.39 is 0 Å². The fourth-order valence-electron chi connectivity index (χ4n) is 3.91. The molecule has 0 radical (unpaired) electrons. The minimum atomic E-state index is 0.243. The largest absolute Gasteiger partial charge is 0.373 e. The zero-order chi connectivity index (χ0) is 16.1. The highest BCUT2D eigenvalue weighted by molar-refractivity contribution is 5.76. The molecule has 2 fully saturated rings. The molecule has 2 atom stereocenters. The van der Waals surface area contributed by atoms with Gasteiger partial charge in [-0.15, -0.1) is 6.58 Å². The molecule has 124 valence electrons. The van der Waals surface area contributed by atoms with Crippen molar-refractivity contribution in [3.63, 3.8) is 0 Å². The predicted molar refractivity (Wildman–Crippen MR) is 87.7 cm³/mol. The molecule has 1 saturated heterocycles. The first kappa shape index (κ1) is 16.1. The van der Waals surface area contributed by atoms with E-state index in [0.29, 0.717) is 37.4 Å². The fourth-order valence-corrected chi connectivity index (χ4v) is 3.91. The van der Waals surface area contributed by atoms with Crippen LogP contribution in [0.4, 0.5) is 0 Å². The maximum Gasteiger partial charge on any atom is 0.222 e. The molecule has 5 heteroatoms. The molecule has 1 saturated carbocycles. The Morgan fingerprint density at radius 1 is 1.30 bits per heavy atom. The highest BCUT2D eigenvalue weighted by atomic mass is 16.5. The number of aromatic nitrogens is 2. The van der Waals surface area contributed by atoms with Crippen LogP contribution in [-0.2, 0) is 16.0 Å². The Labute approximate surface area is 137 Å². The smallest absolute Gasteiger partial charge is 0.222 e. The molecule has 1 amide bonds. The second kappa shape index (κ2) is 7.68. The molecule has 3 rings (SSSR count). The minimum Gasteiger partial charge on any atom is -0.373 e. The second-order valence-electron chi connectivity index (χ2n) is 6.58. The van der Waals surface area contributed by atoms with Crippen molar-refractivity contribution in [2.75, 3.05) is 19.7 Å². The summed E-state index contributed by atoms with van der Waals surface area (Å²) in [6.45, 7) is 6.02. The zero-order valence-corrected chi connectivity index (χ0v) is 13.6. The Kier molecular flexibility index (Phi) is 5.39. The lowest BCUT2D eigenvalue weighted by molar-refractivity contribution is -0.142. The van der Waals surface area contributed by atoms with E-state index in [4.69, 9.17) is 4.74 Å². The Bertz CT molecular complexity index is 520.